The second-order valence-electron chi connectivity index (χ2n) is 6.85. The molecular weight excluding hydrogens is 327 g/mol. The van der Waals surface area contributed by atoms with Crippen LogP contribution in [0.4, 0.5) is 18.0 Å². The quantitative estimate of drug-likeness (QED) is 0.785. The molecule has 5 nitrogen and oxygen atoms in total. The van der Waals surface area contributed by atoms with Crippen LogP contribution in [0.3, 0.4) is 0 Å². The molecular formula is C16H20F3NO4. The molecule has 1 heterocycles. The Hall–Kier alpha value is -1.80. The van der Waals surface area contributed by atoms with Crippen molar-refractivity contribution in [3.8, 4) is 0 Å². The number of amides is 1. The molecule has 2 rings (SSSR count). The Morgan fingerprint density at radius 3 is 2.25 bits per heavy atom. The fourth-order valence-electron chi connectivity index (χ4n) is 2.70. The normalized spacial score (nSPS) is 24.5. The maximum Gasteiger partial charge on any atom is 0.416 e. The highest BCUT2D eigenvalue weighted by Gasteiger charge is 2.48. The van der Waals surface area contributed by atoms with E-state index in [1.807, 2.05) is 0 Å². The van der Waals surface area contributed by atoms with Crippen molar-refractivity contribution in [2.45, 2.75) is 44.7 Å². The standard InChI is InChI=1S/C16H20F3NO4/c1-14(2)8-24-13(22)20-11(14)12(21)15(3,23)9-4-6-10(7-5-9)16(17,18)19/h4-7,11-12,21,23H,8H2,1-3H3,(H,20,22)/t11-,12+,15+/m1/s1. The lowest BCUT2D eigenvalue weighted by Crippen LogP contribution is -2.62. The molecule has 0 unspecified atom stereocenters. The third kappa shape index (κ3) is 3.49. The van der Waals surface area contributed by atoms with Gasteiger partial charge in [-0.15, -0.1) is 0 Å². The van der Waals surface area contributed by atoms with Crippen LogP contribution < -0.4 is 5.32 Å². The molecule has 0 radical (unpaired) electrons. The molecule has 134 valence electrons. The van der Waals surface area contributed by atoms with Crippen molar-refractivity contribution in [2.24, 2.45) is 5.41 Å². The van der Waals surface area contributed by atoms with Gasteiger partial charge in [0.2, 0.25) is 0 Å². The molecule has 3 atom stereocenters. The van der Waals surface area contributed by atoms with Gasteiger partial charge in [-0.05, 0) is 24.6 Å². The van der Waals surface area contributed by atoms with Gasteiger partial charge < -0.3 is 20.3 Å². The van der Waals surface area contributed by atoms with Gasteiger partial charge >= 0.3 is 12.3 Å². The molecule has 1 aliphatic rings. The minimum Gasteiger partial charge on any atom is -0.449 e. The SMILES string of the molecule is CC1(C)COC(=O)N[C@@H]1[C@H](O)[C@@](C)(O)c1ccc(C(F)(F)F)cc1. The summed E-state index contributed by atoms with van der Waals surface area (Å²) in [5.41, 5.74) is -3.28. The molecule has 0 aliphatic carbocycles. The van der Waals surface area contributed by atoms with Gasteiger partial charge in [-0.25, -0.2) is 4.79 Å². The van der Waals surface area contributed by atoms with Gasteiger partial charge in [-0.2, -0.15) is 13.2 Å². The number of rotatable bonds is 3. The Kier molecular flexibility index (Phi) is 4.58. The summed E-state index contributed by atoms with van der Waals surface area (Å²) in [7, 11) is 0. The third-order valence-electron chi connectivity index (χ3n) is 4.38. The van der Waals surface area contributed by atoms with E-state index in [0.717, 1.165) is 24.3 Å². The van der Waals surface area contributed by atoms with E-state index in [1.54, 1.807) is 13.8 Å². The highest BCUT2D eigenvalue weighted by molar-refractivity contribution is 5.68. The Morgan fingerprint density at radius 1 is 1.25 bits per heavy atom. The van der Waals surface area contributed by atoms with Crippen LogP contribution in [0.5, 0.6) is 0 Å². The fraction of sp³-hybridized carbons (Fsp3) is 0.562. The molecule has 1 amide bonds. The summed E-state index contributed by atoms with van der Waals surface area (Å²) in [4.78, 5) is 11.4. The van der Waals surface area contributed by atoms with Crippen molar-refractivity contribution in [2.75, 3.05) is 6.61 Å². The maximum absolute atomic E-state index is 12.6. The van der Waals surface area contributed by atoms with Crippen LogP contribution in [-0.4, -0.2) is 35.1 Å². The first kappa shape index (κ1) is 18.5. The number of carbonyl (C=O) groups excluding carboxylic acids is 1. The zero-order chi connectivity index (χ0) is 18.3. The number of hydrogen-bond acceptors (Lipinski definition) is 4. The summed E-state index contributed by atoms with van der Waals surface area (Å²) in [5.74, 6) is 0. The highest BCUT2D eigenvalue weighted by Crippen LogP contribution is 2.36. The number of nitrogens with one attached hydrogen (secondary N) is 1. The lowest BCUT2D eigenvalue weighted by molar-refractivity contribution is -0.137. The molecule has 0 aromatic heterocycles. The lowest BCUT2D eigenvalue weighted by Gasteiger charge is -2.45. The van der Waals surface area contributed by atoms with Crippen molar-refractivity contribution in [1.82, 2.24) is 5.32 Å². The van der Waals surface area contributed by atoms with Crippen molar-refractivity contribution < 1.29 is 32.9 Å². The molecule has 3 N–H and O–H groups in total. The number of alkyl carbamates (subject to hydrolysis) is 1. The van der Waals surface area contributed by atoms with E-state index in [0.29, 0.717) is 0 Å². The summed E-state index contributed by atoms with van der Waals surface area (Å²) in [6.07, 6.45) is -6.65. The molecule has 1 fully saturated rings. The number of alkyl halides is 3. The average molecular weight is 347 g/mol. The first-order valence-electron chi connectivity index (χ1n) is 7.37. The number of halogens is 3. The number of aliphatic hydroxyl groups is 2. The number of hydrogen-bond donors (Lipinski definition) is 3. The smallest absolute Gasteiger partial charge is 0.416 e. The zero-order valence-corrected chi connectivity index (χ0v) is 13.5. The van der Waals surface area contributed by atoms with Gasteiger partial charge in [0.1, 0.15) is 18.3 Å². The predicted molar refractivity (Wildman–Crippen MR) is 79.1 cm³/mol. The molecule has 1 aromatic rings. The van der Waals surface area contributed by atoms with Gasteiger partial charge in [0.25, 0.3) is 0 Å². The molecule has 8 heteroatoms. The summed E-state index contributed by atoms with van der Waals surface area (Å²) >= 11 is 0. The largest absolute Gasteiger partial charge is 0.449 e. The van der Waals surface area contributed by atoms with Crippen LogP contribution in [0.15, 0.2) is 24.3 Å². The van der Waals surface area contributed by atoms with Crippen LogP contribution in [0.1, 0.15) is 31.9 Å². The second-order valence-corrected chi connectivity index (χ2v) is 6.85. The topological polar surface area (TPSA) is 78.8 Å². The number of ether oxygens (including phenoxy) is 1. The van der Waals surface area contributed by atoms with E-state index in [2.05, 4.69) is 5.32 Å². The molecule has 0 saturated carbocycles. The summed E-state index contributed by atoms with van der Waals surface area (Å²) in [6, 6.07) is 3.06. The molecule has 24 heavy (non-hydrogen) atoms. The van der Waals surface area contributed by atoms with Crippen molar-refractivity contribution in [3.05, 3.63) is 35.4 Å². The van der Waals surface area contributed by atoms with E-state index in [-0.39, 0.29) is 12.2 Å². The van der Waals surface area contributed by atoms with Gasteiger partial charge in [0.15, 0.2) is 0 Å². The number of benzene rings is 1. The molecule has 0 bridgehead atoms. The Balaban J connectivity index is 2.29. The first-order chi connectivity index (χ1) is 10.9. The molecule has 1 saturated heterocycles. The Labute approximate surface area is 137 Å². The Morgan fingerprint density at radius 2 is 1.75 bits per heavy atom. The van der Waals surface area contributed by atoms with E-state index < -0.39 is 41.0 Å². The van der Waals surface area contributed by atoms with E-state index >= 15 is 0 Å². The lowest BCUT2D eigenvalue weighted by atomic mass is 9.74. The van der Waals surface area contributed by atoms with Crippen molar-refractivity contribution in [1.29, 1.82) is 0 Å². The minimum atomic E-state index is -4.49. The minimum absolute atomic E-state index is 0.0453. The summed E-state index contributed by atoms with van der Waals surface area (Å²) in [5, 5.41) is 23.8. The monoisotopic (exact) mass is 347 g/mol. The highest BCUT2D eigenvalue weighted by atomic mass is 19.4. The third-order valence-corrected chi connectivity index (χ3v) is 4.38. The van der Waals surface area contributed by atoms with E-state index in [9.17, 15) is 28.2 Å². The average Bonchev–Trinajstić information content (AvgIpc) is 2.48. The van der Waals surface area contributed by atoms with Gasteiger partial charge in [-0.1, -0.05) is 26.0 Å². The van der Waals surface area contributed by atoms with Crippen LogP contribution >= 0.6 is 0 Å². The van der Waals surface area contributed by atoms with E-state index in [4.69, 9.17) is 4.74 Å². The van der Waals surface area contributed by atoms with Crippen LogP contribution in [0.2, 0.25) is 0 Å². The Bertz CT molecular complexity index is 611. The fourth-order valence-corrected chi connectivity index (χ4v) is 2.70. The van der Waals surface area contributed by atoms with Crippen LogP contribution in [-0.2, 0) is 16.5 Å². The maximum atomic E-state index is 12.6. The number of carbonyl (C=O) groups is 1. The molecule has 1 aromatic carbocycles. The van der Waals surface area contributed by atoms with Crippen LogP contribution in [0, 0.1) is 5.41 Å². The summed E-state index contributed by atoms with van der Waals surface area (Å²) in [6.45, 7) is 4.81. The first-order valence-corrected chi connectivity index (χ1v) is 7.37. The van der Waals surface area contributed by atoms with Crippen molar-refractivity contribution >= 4 is 6.09 Å². The van der Waals surface area contributed by atoms with Crippen LogP contribution in [0.25, 0.3) is 0 Å². The van der Waals surface area contributed by atoms with E-state index in [1.165, 1.54) is 6.92 Å². The molecule has 1 aliphatic heterocycles. The second kappa shape index (κ2) is 5.93. The van der Waals surface area contributed by atoms with Crippen molar-refractivity contribution in [3.63, 3.8) is 0 Å². The number of aliphatic hydroxyl groups excluding tert-OH is 1. The summed E-state index contributed by atoms with van der Waals surface area (Å²) < 4.78 is 42.8. The van der Waals surface area contributed by atoms with Gasteiger partial charge in [-0.3, -0.25) is 0 Å². The zero-order valence-electron chi connectivity index (χ0n) is 13.5. The van der Waals surface area contributed by atoms with Gasteiger partial charge in [0, 0.05) is 5.41 Å². The predicted octanol–water partition coefficient (Wildman–Crippen LogP) is 2.41. The number of cyclic esters (lactones) is 1. The van der Waals surface area contributed by atoms with Gasteiger partial charge in [0.05, 0.1) is 11.6 Å². The molecule has 0 spiro atoms.